The lowest BCUT2D eigenvalue weighted by molar-refractivity contribution is -0.144. The maximum atomic E-state index is 11.4. The summed E-state index contributed by atoms with van der Waals surface area (Å²) >= 11 is 5.96. The molecule has 5 nitrogen and oxygen atoms in total. The molecule has 0 aromatic heterocycles. The number of hydrogen-bond donors (Lipinski definition) is 2. The zero-order chi connectivity index (χ0) is 13.5. The number of amides is 1. The second-order valence-corrected chi connectivity index (χ2v) is 4.04. The van der Waals surface area contributed by atoms with Gasteiger partial charge in [-0.25, -0.2) is 4.79 Å². The van der Waals surface area contributed by atoms with Gasteiger partial charge < -0.3 is 15.4 Å². The van der Waals surface area contributed by atoms with Crippen molar-refractivity contribution in [2.75, 3.05) is 19.0 Å². The van der Waals surface area contributed by atoms with E-state index in [2.05, 4.69) is 15.4 Å². The summed E-state index contributed by atoms with van der Waals surface area (Å²) < 4.78 is 4.61. The van der Waals surface area contributed by atoms with E-state index in [4.69, 9.17) is 11.6 Å². The van der Waals surface area contributed by atoms with Crippen LogP contribution in [0.4, 0.5) is 5.69 Å². The van der Waals surface area contributed by atoms with Crippen molar-refractivity contribution in [3.63, 3.8) is 0 Å². The first-order valence-electron chi connectivity index (χ1n) is 5.38. The molecule has 0 aliphatic heterocycles. The van der Waals surface area contributed by atoms with Crippen LogP contribution in [-0.2, 0) is 14.3 Å². The van der Waals surface area contributed by atoms with Crippen LogP contribution in [0.15, 0.2) is 24.3 Å². The summed E-state index contributed by atoms with van der Waals surface area (Å²) in [7, 11) is 1.27. The van der Waals surface area contributed by atoms with Crippen molar-refractivity contribution in [1.29, 1.82) is 0 Å². The van der Waals surface area contributed by atoms with Crippen LogP contribution in [0, 0.1) is 0 Å². The van der Waals surface area contributed by atoms with Crippen LogP contribution < -0.4 is 10.6 Å². The topological polar surface area (TPSA) is 67.4 Å². The third kappa shape index (κ3) is 4.25. The molecular formula is C12H15ClN2O3. The Hall–Kier alpha value is -1.75. The molecule has 1 amide bonds. The highest BCUT2D eigenvalue weighted by atomic mass is 35.5. The van der Waals surface area contributed by atoms with Gasteiger partial charge in [-0.2, -0.15) is 0 Å². The van der Waals surface area contributed by atoms with E-state index < -0.39 is 12.0 Å². The van der Waals surface area contributed by atoms with E-state index in [0.717, 1.165) is 0 Å². The molecule has 2 N–H and O–H groups in total. The summed E-state index contributed by atoms with van der Waals surface area (Å²) in [5, 5.41) is 6.03. The fourth-order valence-corrected chi connectivity index (χ4v) is 1.60. The fraction of sp³-hybridized carbons (Fsp3) is 0.333. The maximum Gasteiger partial charge on any atom is 0.330 e. The Morgan fingerprint density at radius 2 is 2.06 bits per heavy atom. The van der Waals surface area contributed by atoms with Gasteiger partial charge in [-0.05, 0) is 12.1 Å². The van der Waals surface area contributed by atoms with Gasteiger partial charge in [0.2, 0.25) is 5.91 Å². The third-order valence-electron chi connectivity index (χ3n) is 2.23. The number of ether oxygens (including phenoxy) is 1. The van der Waals surface area contributed by atoms with E-state index in [9.17, 15) is 9.59 Å². The molecule has 18 heavy (non-hydrogen) atoms. The van der Waals surface area contributed by atoms with Crippen molar-refractivity contribution in [2.24, 2.45) is 0 Å². The molecule has 1 aromatic carbocycles. The lowest BCUT2D eigenvalue weighted by atomic mass is 10.2. The first-order chi connectivity index (χ1) is 8.54. The highest BCUT2D eigenvalue weighted by molar-refractivity contribution is 6.33. The smallest absolute Gasteiger partial charge is 0.330 e. The summed E-state index contributed by atoms with van der Waals surface area (Å²) in [5.41, 5.74) is 0.693. The molecule has 98 valence electrons. The molecule has 0 aliphatic carbocycles. The molecule has 1 unspecified atom stereocenters. The van der Waals surface area contributed by atoms with Gasteiger partial charge in [0.15, 0.2) is 0 Å². The molecule has 0 aliphatic rings. The number of benzene rings is 1. The number of nitrogens with one attached hydrogen (secondary N) is 2. The van der Waals surface area contributed by atoms with Gasteiger partial charge in [0.05, 0.1) is 17.8 Å². The summed E-state index contributed by atoms with van der Waals surface area (Å²) in [5.74, 6) is -0.809. The molecule has 0 saturated heterocycles. The van der Waals surface area contributed by atoms with Crippen molar-refractivity contribution in [3.05, 3.63) is 29.3 Å². The number of carbonyl (C=O) groups excluding carboxylic acids is 2. The molecule has 0 saturated carbocycles. The highest BCUT2D eigenvalue weighted by Gasteiger charge is 2.19. The number of esters is 1. The van der Waals surface area contributed by atoms with Gasteiger partial charge in [-0.3, -0.25) is 4.79 Å². The average Bonchev–Trinajstić information content (AvgIpc) is 2.34. The van der Waals surface area contributed by atoms with Crippen LogP contribution in [0.25, 0.3) is 0 Å². The Balaban J connectivity index is 2.64. The second kappa shape index (κ2) is 6.86. The van der Waals surface area contributed by atoms with Gasteiger partial charge in [-0.1, -0.05) is 23.7 Å². The second-order valence-electron chi connectivity index (χ2n) is 3.64. The van der Waals surface area contributed by atoms with E-state index in [-0.39, 0.29) is 12.5 Å². The van der Waals surface area contributed by atoms with Crippen LogP contribution in [0.3, 0.4) is 0 Å². The SMILES string of the molecule is COC(=O)C(CNc1ccccc1Cl)NC(C)=O. The molecule has 0 spiro atoms. The summed E-state index contributed by atoms with van der Waals surface area (Å²) in [4.78, 5) is 22.4. The Morgan fingerprint density at radius 1 is 1.39 bits per heavy atom. The predicted octanol–water partition coefficient (Wildman–Crippen LogP) is 1.43. The van der Waals surface area contributed by atoms with E-state index in [1.807, 2.05) is 6.07 Å². The zero-order valence-electron chi connectivity index (χ0n) is 10.2. The number of anilines is 1. The van der Waals surface area contributed by atoms with Crippen LogP contribution in [0.2, 0.25) is 5.02 Å². The molecule has 1 aromatic rings. The summed E-state index contributed by atoms with van der Waals surface area (Å²) in [6.45, 7) is 1.54. The molecule has 1 atom stereocenters. The predicted molar refractivity (Wildman–Crippen MR) is 69.6 cm³/mol. The molecule has 6 heteroatoms. The number of carbonyl (C=O) groups is 2. The van der Waals surface area contributed by atoms with Crippen molar-refractivity contribution >= 4 is 29.2 Å². The minimum atomic E-state index is -0.747. The van der Waals surface area contributed by atoms with Gasteiger partial charge in [0.25, 0.3) is 0 Å². The van der Waals surface area contributed by atoms with Crippen LogP contribution in [0.1, 0.15) is 6.92 Å². The molecule has 0 fully saturated rings. The fourth-order valence-electron chi connectivity index (χ4n) is 1.40. The van der Waals surface area contributed by atoms with E-state index in [1.54, 1.807) is 18.2 Å². The lowest BCUT2D eigenvalue weighted by Crippen LogP contribution is -2.45. The minimum Gasteiger partial charge on any atom is -0.467 e. The minimum absolute atomic E-state index is 0.204. The number of hydrogen-bond acceptors (Lipinski definition) is 4. The molecule has 0 heterocycles. The van der Waals surface area contributed by atoms with E-state index >= 15 is 0 Å². The lowest BCUT2D eigenvalue weighted by Gasteiger charge is -2.17. The molecule has 0 bridgehead atoms. The Morgan fingerprint density at radius 3 is 2.61 bits per heavy atom. The standard InChI is InChI=1S/C12H15ClN2O3/c1-8(16)15-11(12(17)18-2)7-14-10-6-4-3-5-9(10)13/h3-6,11,14H,7H2,1-2H3,(H,15,16). The maximum absolute atomic E-state index is 11.4. The van der Waals surface area contributed by atoms with E-state index in [0.29, 0.717) is 10.7 Å². The first kappa shape index (κ1) is 14.3. The third-order valence-corrected chi connectivity index (χ3v) is 2.56. The molecule has 0 radical (unpaired) electrons. The highest BCUT2D eigenvalue weighted by Crippen LogP contribution is 2.20. The van der Waals surface area contributed by atoms with Crippen molar-refractivity contribution < 1.29 is 14.3 Å². The molecule has 1 rings (SSSR count). The van der Waals surface area contributed by atoms with E-state index in [1.165, 1.54) is 14.0 Å². The average molecular weight is 271 g/mol. The van der Waals surface area contributed by atoms with Gasteiger partial charge in [-0.15, -0.1) is 0 Å². The number of para-hydroxylation sites is 1. The summed E-state index contributed by atoms with van der Waals surface area (Å²) in [6.07, 6.45) is 0. The Kier molecular flexibility index (Phi) is 5.45. The number of halogens is 1. The normalized spacial score (nSPS) is 11.5. The number of rotatable bonds is 5. The van der Waals surface area contributed by atoms with Crippen LogP contribution >= 0.6 is 11.6 Å². The largest absolute Gasteiger partial charge is 0.467 e. The van der Waals surface area contributed by atoms with Gasteiger partial charge in [0.1, 0.15) is 6.04 Å². The zero-order valence-corrected chi connectivity index (χ0v) is 11.0. The van der Waals surface area contributed by atoms with Crippen LogP contribution in [0.5, 0.6) is 0 Å². The first-order valence-corrected chi connectivity index (χ1v) is 5.75. The number of methoxy groups -OCH3 is 1. The van der Waals surface area contributed by atoms with Crippen molar-refractivity contribution in [1.82, 2.24) is 5.32 Å². The Bertz CT molecular complexity index is 437. The monoisotopic (exact) mass is 270 g/mol. The van der Waals surface area contributed by atoms with Gasteiger partial charge in [0, 0.05) is 13.5 Å². The van der Waals surface area contributed by atoms with Crippen molar-refractivity contribution in [2.45, 2.75) is 13.0 Å². The summed E-state index contributed by atoms with van der Waals surface area (Å²) in [6, 6.07) is 6.39. The quantitative estimate of drug-likeness (QED) is 0.795. The molecular weight excluding hydrogens is 256 g/mol. The van der Waals surface area contributed by atoms with Crippen molar-refractivity contribution in [3.8, 4) is 0 Å². The Labute approximate surface area is 110 Å². The van der Waals surface area contributed by atoms with Gasteiger partial charge >= 0.3 is 5.97 Å². The van der Waals surface area contributed by atoms with Crippen LogP contribution in [-0.4, -0.2) is 31.6 Å².